The lowest BCUT2D eigenvalue weighted by atomic mass is 10.7. The fourth-order valence-electron chi connectivity index (χ4n) is 0.365. The lowest BCUT2D eigenvalue weighted by Gasteiger charge is -1.88. The molecule has 1 aromatic rings. The summed E-state index contributed by atoms with van der Waals surface area (Å²) in [5.41, 5.74) is 1.61. The number of rotatable bonds is 2. The Morgan fingerprint density at radius 3 is 3.33 bits per heavy atom. The highest BCUT2D eigenvalue weighted by atomic mass is 32.1. The quantitative estimate of drug-likeness (QED) is 0.607. The maximum atomic E-state index is 8.11. The van der Waals surface area contributed by atoms with E-state index in [9.17, 15) is 0 Å². The van der Waals surface area contributed by atoms with Crippen LogP contribution in [0.25, 0.3) is 0 Å². The fourth-order valence-corrected chi connectivity index (χ4v) is 0.809. The smallest absolute Gasteiger partial charge is 0.206 e. The van der Waals surface area contributed by atoms with Crippen molar-refractivity contribution in [1.82, 2.24) is 10.2 Å². The standard InChI is InChI=1S/C4H4N4S/c5-1-2-6-4-8-7-3-9-4/h3H,2H2,(H,6,8). The number of hydrogen-bond acceptors (Lipinski definition) is 5. The molecule has 1 heterocycles. The van der Waals surface area contributed by atoms with Gasteiger partial charge in [0, 0.05) is 0 Å². The van der Waals surface area contributed by atoms with Crippen molar-refractivity contribution < 1.29 is 0 Å². The van der Waals surface area contributed by atoms with Crippen molar-refractivity contribution in [3.05, 3.63) is 5.51 Å². The van der Waals surface area contributed by atoms with Gasteiger partial charge in [0.15, 0.2) is 0 Å². The zero-order valence-corrected chi connectivity index (χ0v) is 5.35. The maximum absolute atomic E-state index is 8.11. The van der Waals surface area contributed by atoms with Crippen molar-refractivity contribution in [2.75, 3.05) is 11.9 Å². The number of nitrogens with zero attached hydrogens (tertiary/aromatic N) is 3. The third kappa shape index (κ3) is 1.66. The Hall–Kier alpha value is -1.15. The summed E-state index contributed by atoms with van der Waals surface area (Å²) in [7, 11) is 0. The minimum atomic E-state index is 0.287. The molecule has 1 aromatic heterocycles. The second kappa shape index (κ2) is 2.99. The van der Waals surface area contributed by atoms with Gasteiger partial charge in [0.2, 0.25) is 5.13 Å². The highest BCUT2D eigenvalue weighted by Gasteiger charge is 1.90. The predicted octanol–water partition coefficient (Wildman–Crippen LogP) is 0.474. The van der Waals surface area contributed by atoms with Crippen LogP contribution in [0.4, 0.5) is 5.13 Å². The number of nitriles is 1. The fraction of sp³-hybridized carbons (Fsp3) is 0.250. The Labute approximate surface area is 56.2 Å². The van der Waals surface area contributed by atoms with E-state index in [0.29, 0.717) is 5.13 Å². The Kier molecular flexibility index (Phi) is 1.99. The van der Waals surface area contributed by atoms with Crippen molar-refractivity contribution in [3.8, 4) is 6.07 Å². The maximum Gasteiger partial charge on any atom is 0.206 e. The Morgan fingerprint density at radius 1 is 1.89 bits per heavy atom. The number of anilines is 1. The molecular weight excluding hydrogens is 136 g/mol. The molecule has 0 saturated carbocycles. The van der Waals surface area contributed by atoms with Crippen LogP contribution in [-0.2, 0) is 0 Å². The molecule has 0 radical (unpaired) electrons. The van der Waals surface area contributed by atoms with Gasteiger partial charge in [0.05, 0.1) is 6.07 Å². The molecule has 5 heteroatoms. The first-order valence-corrected chi connectivity index (χ1v) is 3.18. The second-order valence-electron chi connectivity index (χ2n) is 1.26. The largest absolute Gasteiger partial charge is 0.347 e. The Balaban J connectivity index is 2.41. The van der Waals surface area contributed by atoms with Crippen LogP contribution in [-0.4, -0.2) is 16.7 Å². The summed E-state index contributed by atoms with van der Waals surface area (Å²) in [6.45, 7) is 0.287. The Morgan fingerprint density at radius 2 is 2.78 bits per heavy atom. The molecule has 46 valence electrons. The summed E-state index contributed by atoms with van der Waals surface area (Å²) in [6.07, 6.45) is 0. The van der Waals surface area contributed by atoms with E-state index >= 15 is 0 Å². The highest BCUT2D eigenvalue weighted by molar-refractivity contribution is 7.13. The Bertz CT molecular complexity index is 199. The number of aromatic nitrogens is 2. The van der Waals surface area contributed by atoms with Crippen molar-refractivity contribution in [1.29, 1.82) is 5.26 Å². The second-order valence-corrected chi connectivity index (χ2v) is 2.09. The predicted molar refractivity (Wildman–Crippen MR) is 34.0 cm³/mol. The number of hydrogen-bond donors (Lipinski definition) is 1. The van der Waals surface area contributed by atoms with Gasteiger partial charge in [0.25, 0.3) is 0 Å². The minimum Gasteiger partial charge on any atom is -0.347 e. The third-order valence-electron chi connectivity index (χ3n) is 0.679. The molecule has 4 nitrogen and oxygen atoms in total. The SMILES string of the molecule is N#CCNc1nncs1. The van der Waals surface area contributed by atoms with E-state index in [1.165, 1.54) is 11.3 Å². The normalized spacial score (nSPS) is 8.33. The van der Waals surface area contributed by atoms with E-state index < -0.39 is 0 Å². The molecule has 0 bridgehead atoms. The van der Waals surface area contributed by atoms with Gasteiger partial charge in [-0.15, -0.1) is 10.2 Å². The van der Waals surface area contributed by atoms with Gasteiger partial charge in [0.1, 0.15) is 12.1 Å². The van der Waals surface area contributed by atoms with Gasteiger partial charge in [-0.3, -0.25) is 0 Å². The van der Waals surface area contributed by atoms with Gasteiger partial charge in [-0.2, -0.15) is 5.26 Å². The first-order valence-electron chi connectivity index (χ1n) is 2.30. The molecule has 1 N–H and O–H groups in total. The van der Waals surface area contributed by atoms with Crippen LogP contribution >= 0.6 is 11.3 Å². The minimum absolute atomic E-state index is 0.287. The molecule has 0 atom stereocenters. The summed E-state index contributed by atoms with van der Waals surface area (Å²) in [5.74, 6) is 0. The van der Waals surface area contributed by atoms with E-state index in [0.717, 1.165) is 0 Å². The van der Waals surface area contributed by atoms with Gasteiger partial charge in [-0.25, -0.2) is 0 Å². The monoisotopic (exact) mass is 140 g/mol. The molecular formula is C4H4N4S. The molecule has 9 heavy (non-hydrogen) atoms. The van der Waals surface area contributed by atoms with Crippen LogP contribution in [0.3, 0.4) is 0 Å². The average molecular weight is 140 g/mol. The van der Waals surface area contributed by atoms with E-state index in [1.807, 2.05) is 6.07 Å². The zero-order valence-electron chi connectivity index (χ0n) is 4.53. The van der Waals surface area contributed by atoms with Crippen LogP contribution in [0, 0.1) is 11.3 Å². The van der Waals surface area contributed by atoms with Crippen molar-refractivity contribution in [3.63, 3.8) is 0 Å². The molecule has 0 aliphatic carbocycles. The van der Waals surface area contributed by atoms with Crippen LogP contribution < -0.4 is 5.32 Å². The molecule has 0 spiro atoms. The van der Waals surface area contributed by atoms with Crippen molar-refractivity contribution >= 4 is 16.5 Å². The van der Waals surface area contributed by atoms with E-state index in [-0.39, 0.29) is 6.54 Å². The molecule has 0 aliphatic heterocycles. The molecule has 0 aliphatic rings. The summed E-state index contributed by atoms with van der Waals surface area (Å²) in [6, 6.07) is 1.93. The first kappa shape index (κ1) is 5.98. The molecule has 1 rings (SSSR count). The van der Waals surface area contributed by atoms with E-state index in [1.54, 1.807) is 5.51 Å². The van der Waals surface area contributed by atoms with E-state index in [4.69, 9.17) is 5.26 Å². The van der Waals surface area contributed by atoms with Crippen LogP contribution in [0.1, 0.15) is 0 Å². The summed E-state index contributed by atoms with van der Waals surface area (Å²) >= 11 is 1.38. The molecule has 0 unspecified atom stereocenters. The summed E-state index contributed by atoms with van der Waals surface area (Å²) in [4.78, 5) is 0. The van der Waals surface area contributed by atoms with Gasteiger partial charge < -0.3 is 5.32 Å². The average Bonchev–Trinajstić information content (AvgIpc) is 2.34. The molecule has 0 aromatic carbocycles. The van der Waals surface area contributed by atoms with Gasteiger partial charge in [-0.1, -0.05) is 11.3 Å². The van der Waals surface area contributed by atoms with Crippen LogP contribution in [0.15, 0.2) is 5.51 Å². The third-order valence-corrected chi connectivity index (χ3v) is 1.33. The van der Waals surface area contributed by atoms with Crippen LogP contribution in [0.5, 0.6) is 0 Å². The highest BCUT2D eigenvalue weighted by Crippen LogP contribution is 2.05. The molecule has 0 saturated heterocycles. The number of nitrogens with one attached hydrogen (secondary N) is 1. The lowest BCUT2D eigenvalue weighted by molar-refractivity contribution is 1.08. The first-order chi connectivity index (χ1) is 4.43. The lowest BCUT2D eigenvalue weighted by Crippen LogP contribution is -1.96. The van der Waals surface area contributed by atoms with Gasteiger partial charge in [-0.05, 0) is 0 Å². The van der Waals surface area contributed by atoms with Crippen molar-refractivity contribution in [2.45, 2.75) is 0 Å². The van der Waals surface area contributed by atoms with Crippen LogP contribution in [0.2, 0.25) is 0 Å². The summed E-state index contributed by atoms with van der Waals surface area (Å²) in [5, 5.41) is 18.8. The topological polar surface area (TPSA) is 61.6 Å². The van der Waals surface area contributed by atoms with E-state index in [2.05, 4.69) is 15.5 Å². The van der Waals surface area contributed by atoms with Gasteiger partial charge >= 0.3 is 0 Å². The molecule has 0 fully saturated rings. The van der Waals surface area contributed by atoms with Crippen molar-refractivity contribution in [2.24, 2.45) is 0 Å². The molecule has 0 amide bonds. The zero-order chi connectivity index (χ0) is 6.53. The summed E-state index contributed by atoms with van der Waals surface area (Å²) < 4.78 is 0.